The molecule has 112 valence electrons. The van der Waals surface area contributed by atoms with E-state index in [-0.39, 0.29) is 28.6 Å². The Balaban J connectivity index is 2.46. The minimum absolute atomic E-state index is 0.0302. The van der Waals surface area contributed by atoms with Crippen molar-refractivity contribution in [2.45, 2.75) is 10.9 Å². The van der Waals surface area contributed by atoms with Gasteiger partial charge < -0.3 is 10.4 Å². The summed E-state index contributed by atoms with van der Waals surface area (Å²) < 4.78 is 26.1. The molecule has 0 amide bonds. The zero-order valence-electron chi connectivity index (χ0n) is 10.8. The van der Waals surface area contributed by atoms with Crippen LogP contribution in [0.15, 0.2) is 23.1 Å². The van der Waals surface area contributed by atoms with E-state index in [4.69, 9.17) is 22.0 Å². The van der Waals surface area contributed by atoms with Crippen LogP contribution in [0.25, 0.3) is 0 Å². The number of nitrogens with one attached hydrogen (secondary N) is 1. The number of aliphatic carboxylic acids is 1. The average Bonchev–Trinajstić information content (AvgIpc) is 2.46. The highest BCUT2D eigenvalue weighted by Crippen LogP contribution is 2.27. The lowest BCUT2D eigenvalue weighted by atomic mass is 10.2. The number of sulfonamides is 1. The molecule has 1 aliphatic rings. The maximum atomic E-state index is 12.6. The highest BCUT2D eigenvalue weighted by Gasteiger charge is 2.38. The Morgan fingerprint density at radius 2 is 2.24 bits per heavy atom. The SMILES string of the molecule is N#Cc1ccc(S(=O)(=O)N2CCNCC2C(=O)O)c(Cl)c1. The highest BCUT2D eigenvalue weighted by molar-refractivity contribution is 7.89. The first-order valence-corrected chi connectivity index (χ1v) is 7.84. The summed E-state index contributed by atoms with van der Waals surface area (Å²) in [6, 6.07) is 4.46. The number of rotatable bonds is 3. The van der Waals surface area contributed by atoms with Gasteiger partial charge in [-0.2, -0.15) is 9.57 Å². The summed E-state index contributed by atoms with van der Waals surface area (Å²) in [5.74, 6) is -1.23. The molecule has 21 heavy (non-hydrogen) atoms. The second-order valence-electron chi connectivity index (χ2n) is 4.43. The maximum absolute atomic E-state index is 12.6. The molecule has 1 aromatic rings. The van der Waals surface area contributed by atoms with Gasteiger partial charge in [0.15, 0.2) is 0 Å². The van der Waals surface area contributed by atoms with E-state index < -0.39 is 22.0 Å². The van der Waals surface area contributed by atoms with Crippen LogP contribution in [0.3, 0.4) is 0 Å². The van der Waals surface area contributed by atoms with Crippen LogP contribution in [0.1, 0.15) is 5.56 Å². The lowest BCUT2D eigenvalue weighted by Gasteiger charge is -2.32. The number of piperazine rings is 1. The van der Waals surface area contributed by atoms with Crippen molar-refractivity contribution in [3.63, 3.8) is 0 Å². The molecule has 1 unspecified atom stereocenters. The van der Waals surface area contributed by atoms with Crippen LogP contribution >= 0.6 is 11.6 Å². The average molecular weight is 330 g/mol. The van der Waals surface area contributed by atoms with Gasteiger partial charge in [-0.05, 0) is 18.2 Å². The summed E-state index contributed by atoms with van der Waals surface area (Å²) in [6.07, 6.45) is 0. The topological polar surface area (TPSA) is 111 Å². The third kappa shape index (κ3) is 3.01. The summed E-state index contributed by atoms with van der Waals surface area (Å²) in [4.78, 5) is 11.0. The molecule has 1 heterocycles. The van der Waals surface area contributed by atoms with Crippen LogP contribution in [0.2, 0.25) is 5.02 Å². The molecule has 1 aliphatic heterocycles. The Morgan fingerprint density at radius 1 is 1.52 bits per heavy atom. The summed E-state index contributed by atoms with van der Waals surface area (Å²) in [5, 5.41) is 20.7. The maximum Gasteiger partial charge on any atom is 0.323 e. The Morgan fingerprint density at radius 3 is 2.81 bits per heavy atom. The fraction of sp³-hybridized carbons (Fsp3) is 0.333. The van der Waals surface area contributed by atoms with E-state index in [0.717, 1.165) is 4.31 Å². The first-order valence-electron chi connectivity index (χ1n) is 6.03. The van der Waals surface area contributed by atoms with Crippen molar-refractivity contribution >= 4 is 27.6 Å². The summed E-state index contributed by atoms with van der Waals surface area (Å²) >= 11 is 5.92. The van der Waals surface area contributed by atoms with Gasteiger partial charge in [-0.15, -0.1) is 0 Å². The summed E-state index contributed by atoms with van der Waals surface area (Å²) in [5.41, 5.74) is 0.231. The molecule has 1 aromatic carbocycles. The molecule has 2 N–H and O–H groups in total. The number of carboxylic acids is 1. The smallest absolute Gasteiger partial charge is 0.323 e. The summed E-state index contributed by atoms with van der Waals surface area (Å²) in [6.45, 7) is 0.426. The number of carboxylic acid groups (broad SMARTS) is 1. The first-order chi connectivity index (χ1) is 9.87. The zero-order valence-corrected chi connectivity index (χ0v) is 12.4. The van der Waals surface area contributed by atoms with E-state index in [1.54, 1.807) is 0 Å². The van der Waals surface area contributed by atoms with Crippen molar-refractivity contribution in [2.24, 2.45) is 0 Å². The van der Waals surface area contributed by atoms with Gasteiger partial charge in [-0.1, -0.05) is 11.6 Å². The largest absolute Gasteiger partial charge is 0.480 e. The van der Waals surface area contributed by atoms with Crippen LogP contribution in [0.5, 0.6) is 0 Å². The highest BCUT2D eigenvalue weighted by atomic mass is 35.5. The molecule has 0 saturated carbocycles. The van der Waals surface area contributed by atoms with Crippen molar-refractivity contribution in [3.05, 3.63) is 28.8 Å². The normalized spacial score (nSPS) is 19.9. The van der Waals surface area contributed by atoms with Gasteiger partial charge in [-0.3, -0.25) is 4.79 Å². The lowest BCUT2D eigenvalue weighted by molar-refractivity contribution is -0.141. The molecule has 0 bridgehead atoms. The van der Waals surface area contributed by atoms with Crippen LogP contribution in [-0.2, 0) is 14.8 Å². The molecular weight excluding hydrogens is 318 g/mol. The monoisotopic (exact) mass is 329 g/mol. The number of hydrogen-bond donors (Lipinski definition) is 2. The molecule has 0 radical (unpaired) electrons. The second-order valence-corrected chi connectivity index (χ2v) is 6.70. The molecule has 9 heteroatoms. The van der Waals surface area contributed by atoms with E-state index in [9.17, 15) is 13.2 Å². The molecule has 1 fully saturated rings. The molecule has 1 atom stereocenters. The number of carbonyl (C=O) groups is 1. The predicted octanol–water partition coefficient (Wildman–Crippen LogP) is 0.259. The van der Waals surface area contributed by atoms with Crippen molar-refractivity contribution in [2.75, 3.05) is 19.6 Å². The number of nitrogens with zero attached hydrogens (tertiary/aromatic N) is 2. The first kappa shape index (κ1) is 15.7. The number of benzene rings is 1. The fourth-order valence-corrected chi connectivity index (χ4v) is 4.19. The minimum Gasteiger partial charge on any atom is -0.480 e. The van der Waals surface area contributed by atoms with Crippen LogP contribution in [0, 0.1) is 11.3 Å². The van der Waals surface area contributed by atoms with Crippen molar-refractivity contribution < 1.29 is 18.3 Å². The Labute approximate surface area is 126 Å². The predicted molar refractivity (Wildman–Crippen MR) is 74.4 cm³/mol. The third-order valence-corrected chi connectivity index (χ3v) is 5.52. The third-order valence-electron chi connectivity index (χ3n) is 3.13. The Hall–Kier alpha value is -1.66. The minimum atomic E-state index is -4.04. The van der Waals surface area contributed by atoms with Crippen LogP contribution in [-0.4, -0.2) is 49.5 Å². The van der Waals surface area contributed by atoms with E-state index in [0.29, 0.717) is 6.54 Å². The number of halogens is 1. The van der Waals surface area contributed by atoms with E-state index in [2.05, 4.69) is 5.32 Å². The van der Waals surface area contributed by atoms with Crippen LogP contribution < -0.4 is 5.32 Å². The van der Waals surface area contributed by atoms with Crippen molar-refractivity contribution in [3.8, 4) is 6.07 Å². The summed E-state index contributed by atoms with van der Waals surface area (Å²) in [7, 11) is -4.04. The molecular formula is C12H12ClN3O4S. The van der Waals surface area contributed by atoms with Gasteiger partial charge in [0, 0.05) is 19.6 Å². The number of nitriles is 1. The molecule has 0 aromatic heterocycles. The van der Waals surface area contributed by atoms with Gasteiger partial charge in [-0.25, -0.2) is 8.42 Å². The van der Waals surface area contributed by atoms with Gasteiger partial charge in [0.1, 0.15) is 10.9 Å². The van der Waals surface area contributed by atoms with Gasteiger partial charge in [0.25, 0.3) is 0 Å². The van der Waals surface area contributed by atoms with Gasteiger partial charge in [0.2, 0.25) is 10.0 Å². The molecule has 7 nitrogen and oxygen atoms in total. The molecule has 0 spiro atoms. The van der Waals surface area contributed by atoms with Crippen molar-refractivity contribution in [1.29, 1.82) is 5.26 Å². The van der Waals surface area contributed by atoms with E-state index in [1.165, 1.54) is 18.2 Å². The van der Waals surface area contributed by atoms with Crippen molar-refractivity contribution in [1.82, 2.24) is 9.62 Å². The molecule has 1 saturated heterocycles. The quantitative estimate of drug-likeness (QED) is 0.823. The second kappa shape index (κ2) is 5.99. The van der Waals surface area contributed by atoms with E-state index >= 15 is 0 Å². The van der Waals surface area contributed by atoms with E-state index in [1.807, 2.05) is 6.07 Å². The van der Waals surface area contributed by atoms with Gasteiger partial charge >= 0.3 is 5.97 Å². The zero-order chi connectivity index (χ0) is 15.6. The number of hydrogen-bond acceptors (Lipinski definition) is 5. The fourth-order valence-electron chi connectivity index (χ4n) is 2.09. The Kier molecular flexibility index (Phi) is 4.49. The lowest BCUT2D eigenvalue weighted by Crippen LogP contribution is -2.56. The molecule has 2 rings (SSSR count). The molecule has 0 aliphatic carbocycles. The Bertz CT molecular complexity index is 714. The van der Waals surface area contributed by atoms with Gasteiger partial charge in [0.05, 0.1) is 16.7 Å². The van der Waals surface area contributed by atoms with Crippen LogP contribution in [0.4, 0.5) is 0 Å². The standard InChI is InChI=1S/C12H12ClN3O4S/c13-9-5-8(6-14)1-2-11(9)21(19,20)16-4-3-15-7-10(16)12(17)18/h1-2,5,10,15H,3-4,7H2,(H,17,18).